The molecule has 6 heteroatoms. The van der Waals surface area contributed by atoms with Gasteiger partial charge in [0.15, 0.2) is 0 Å². The van der Waals surface area contributed by atoms with Crippen LogP contribution in [0.15, 0.2) is 61.2 Å². The van der Waals surface area contributed by atoms with Gasteiger partial charge in [0.25, 0.3) is 5.91 Å². The summed E-state index contributed by atoms with van der Waals surface area (Å²) < 4.78 is 2.18. The number of carbonyl (C=O) groups is 1. The molecule has 1 atom stereocenters. The highest BCUT2D eigenvalue weighted by atomic mass is 35.5. The quantitative estimate of drug-likeness (QED) is 0.721. The first-order chi connectivity index (χ1) is 11.8. The SMILES string of the molecule is O=C(c1ncncc1Cl)N1CCn2cccc2[C@@H]1c1ccccc1. The van der Waals surface area contributed by atoms with Gasteiger partial charge in [-0.25, -0.2) is 9.97 Å². The lowest BCUT2D eigenvalue weighted by molar-refractivity contribution is 0.0658. The number of benzene rings is 1. The summed E-state index contributed by atoms with van der Waals surface area (Å²) in [5.74, 6) is -0.177. The molecular weight excluding hydrogens is 324 g/mol. The van der Waals surface area contributed by atoms with E-state index in [0.29, 0.717) is 6.54 Å². The van der Waals surface area contributed by atoms with Gasteiger partial charge >= 0.3 is 0 Å². The van der Waals surface area contributed by atoms with Gasteiger partial charge in [-0.15, -0.1) is 0 Å². The standard InChI is InChI=1S/C18H15ClN4O/c19-14-11-20-12-21-16(14)18(24)23-10-9-22-8-4-7-15(22)17(23)13-5-2-1-3-6-13/h1-8,11-12,17H,9-10H2/t17-/m0/s1. The highest BCUT2D eigenvalue weighted by molar-refractivity contribution is 6.33. The zero-order chi connectivity index (χ0) is 16.5. The van der Waals surface area contributed by atoms with Crippen molar-refractivity contribution in [3.63, 3.8) is 0 Å². The van der Waals surface area contributed by atoms with Crippen LogP contribution in [0.25, 0.3) is 0 Å². The molecule has 3 aromatic rings. The molecule has 24 heavy (non-hydrogen) atoms. The van der Waals surface area contributed by atoms with E-state index >= 15 is 0 Å². The summed E-state index contributed by atoms with van der Waals surface area (Å²) in [5.41, 5.74) is 2.40. The molecule has 1 amide bonds. The lowest BCUT2D eigenvalue weighted by Gasteiger charge is -2.37. The topological polar surface area (TPSA) is 51.0 Å². The average Bonchev–Trinajstić information content (AvgIpc) is 3.10. The number of amides is 1. The zero-order valence-corrected chi connectivity index (χ0v) is 13.6. The Balaban J connectivity index is 1.80. The van der Waals surface area contributed by atoms with E-state index in [2.05, 4.69) is 20.6 Å². The highest BCUT2D eigenvalue weighted by Gasteiger charge is 2.33. The van der Waals surface area contributed by atoms with Crippen LogP contribution in [0.5, 0.6) is 0 Å². The molecule has 1 aliphatic heterocycles. The van der Waals surface area contributed by atoms with E-state index in [9.17, 15) is 4.79 Å². The van der Waals surface area contributed by atoms with E-state index in [0.717, 1.165) is 17.8 Å². The molecule has 0 N–H and O–H groups in total. The smallest absolute Gasteiger partial charge is 0.275 e. The number of halogens is 1. The van der Waals surface area contributed by atoms with Gasteiger partial charge in [0.1, 0.15) is 12.0 Å². The maximum Gasteiger partial charge on any atom is 0.275 e. The van der Waals surface area contributed by atoms with Crippen molar-refractivity contribution in [1.29, 1.82) is 0 Å². The number of nitrogens with zero attached hydrogens (tertiary/aromatic N) is 4. The fourth-order valence-corrected chi connectivity index (χ4v) is 3.38. The first-order valence-electron chi connectivity index (χ1n) is 7.72. The van der Waals surface area contributed by atoms with Gasteiger partial charge in [-0.1, -0.05) is 41.9 Å². The summed E-state index contributed by atoms with van der Waals surface area (Å²) in [6, 6.07) is 13.9. The summed E-state index contributed by atoms with van der Waals surface area (Å²) in [6.45, 7) is 1.35. The maximum atomic E-state index is 13.1. The summed E-state index contributed by atoms with van der Waals surface area (Å²) in [4.78, 5) is 22.9. The van der Waals surface area contributed by atoms with E-state index in [1.165, 1.54) is 12.5 Å². The Hall–Kier alpha value is -2.66. The minimum absolute atomic E-state index is 0.159. The molecule has 120 valence electrons. The number of hydrogen-bond donors (Lipinski definition) is 0. The Morgan fingerprint density at radius 1 is 1.12 bits per heavy atom. The number of rotatable bonds is 2. The first-order valence-corrected chi connectivity index (χ1v) is 8.10. The Labute approximate surface area is 144 Å². The Bertz CT molecular complexity index is 877. The van der Waals surface area contributed by atoms with Gasteiger partial charge < -0.3 is 9.47 Å². The second-order valence-electron chi connectivity index (χ2n) is 5.66. The molecule has 0 saturated carbocycles. The predicted molar refractivity (Wildman–Crippen MR) is 90.8 cm³/mol. The van der Waals surface area contributed by atoms with Crippen molar-refractivity contribution in [2.24, 2.45) is 0 Å². The van der Waals surface area contributed by atoms with Crippen LogP contribution < -0.4 is 0 Å². The summed E-state index contributed by atoms with van der Waals surface area (Å²) in [7, 11) is 0. The molecule has 0 saturated heterocycles. The van der Waals surface area contributed by atoms with Crippen molar-refractivity contribution in [2.45, 2.75) is 12.6 Å². The number of aromatic nitrogens is 3. The fraction of sp³-hybridized carbons (Fsp3) is 0.167. The highest BCUT2D eigenvalue weighted by Crippen LogP contribution is 2.33. The normalized spacial score (nSPS) is 16.7. The number of carbonyl (C=O) groups excluding carboxylic acids is 1. The van der Waals surface area contributed by atoms with Crippen LogP contribution in [0.2, 0.25) is 5.02 Å². The molecule has 4 rings (SSSR count). The van der Waals surface area contributed by atoms with Crippen molar-refractivity contribution >= 4 is 17.5 Å². The predicted octanol–water partition coefficient (Wildman–Crippen LogP) is 3.18. The molecular formula is C18H15ClN4O. The van der Waals surface area contributed by atoms with Gasteiger partial charge in [-0.05, 0) is 17.7 Å². The van der Waals surface area contributed by atoms with Gasteiger partial charge in [0.05, 0.1) is 11.1 Å². The minimum Gasteiger partial charge on any atom is -0.348 e. The fourth-order valence-electron chi connectivity index (χ4n) is 3.19. The molecule has 2 aromatic heterocycles. The molecule has 0 aliphatic carbocycles. The van der Waals surface area contributed by atoms with E-state index < -0.39 is 0 Å². The monoisotopic (exact) mass is 338 g/mol. The van der Waals surface area contributed by atoms with Crippen molar-refractivity contribution in [2.75, 3.05) is 6.54 Å². The summed E-state index contributed by atoms with van der Waals surface area (Å²) in [5, 5.41) is 0.273. The van der Waals surface area contributed by atoms with Crippen molar-refractivity contribution < 1.29 is 4.79 Å². The number of hydrogen-bond acceptors (Lipinski definition) is 3. The van der Waals surface area contributed by atoms with E-state index in [4.69, 9.17) is 11.6 Å². The molecule has 0 spiro atoms. The van der Waals surface area contributed by atoms with Crippen molar-refractivity contribution in [3.8, 4) is 0 Å². The molecule has 1 aliphatic rings. The van der Waals surface area contributed by atoms with Crippen LogP contribution in [0.3, 0.4) is 0 Å². The second-order valence-corrected chi connectivity index (χ2v) is 6.06. The van der Waals surface area contributed by atoms with Gasteiger partial charge in [0.2, 0.25) is 0 Å². The molecule has 1 aromatic carbocycles. The van der Waals surface area contributed by atoms with Gasteiger partial charge in [-0.2, -0.15) is 0 Å². The Morgan fingerprint density at radius 2 is 1.96 bits per heavy atom. The third kappa shape index (κ3) is 2.47. The third-order valence-corrected chi connectivity index (χ3v) is 4.56. The molecule has 3 heterocycles. The third-order valence-electron chi connectivity index (χ3n) is 4.28. The van der Waals surface area contributed by atoms with Gasteiger partial charge in [-0.3, -0.25) is 4.79 Å². The van der Waals surface area contributed by atoms with E-state index in [1.807, 2.05) is 47.5 Å². The first kappa shape index (κ1) is 14.9. The largest absolute Gasteiger partial charge is 0.348 e. The lowest BCUT2D eigenvalue weighted by Crippen LogP contribution is -2.42. The Morgan fingerprint density at radius 3 is 2.75 bits per heavy atom. The van der Waals surface area contributed by atoms with Crippen LogP contribution >= 0.6 is 11.6 Å². The van der Waals surface area contributed by atoms with E-state index in [1.54, 1.807) is 0 Å². The molecule has 0 bridgehead atoms. The molecule has 0 radical (unpaired) electrons. The minimum atomic E-state index is -0.177. The maximum absolute atomic E-state index is 13.1. The number of fused-ring (bicyclic) bond motifs is 1. The van der Waals surface area contributed by atoms with Gasteiger partial charge in [0, 0.05) is 31.2 Å². The molecule has 0 fully saturated rings. The van der Waals surface area contributed by atoms with E-state index in [-0.39, 0.29) is 22.7 Å². The lowest BCUT2D eigenvalue weighted by atomic mass is 9.99. The van der Waals surface area contributed by atoms with Crippen LogP contribution in [0.4, 0.5) is 0 Å². The van der Waals surface area contributed by atoms with Crippen LogP contribution in [-0.4, -0.2) is 31.9 Å². The summed E-state index contributed by atoms with van der Waals surface area (Å²) in [6.07, 6.45) is 4.85. The van der Waals surface area contributed by atoms with Crippen molar-refractivity contribution in [1.82, 2.24) is 19.4 Å². The summed E-state index contributed by atoms with van der Waals surface area (Å²) >= 11 is 6.13. The van der Waals surface area contributed by atoms with Crippen LogP contribution in [-0.2, 0) is 6.54 Å². The van der Waals surface area contributed by atoms with Crippen LogP contribution in [0.1, 0.15) is 27.8 Å². The Kier molecular flexibility index (Phi) is 3.78. The second kappa shape index (κ2) is 6.09. The van der Waals surface area contributed by atoms with Crippen molar-refractivity contribution in [3.05, 3.63) is 83.2 Å². The average molecular weight is 339 g/mol. The zero-order valence-electron chi connectivity index (χ0n) is 12.8. The molecule has 5 nitrogen and oxygen atoms in total. The van der Waals surface area contributed by atoms with Crippen LogP contribution in [0, 0.1) is 0 Å². The molecule has 0 unspecified atom stereocenters.